The van der Waals surface area contributed by atoms with E-state index >= 15 is 0 Å². The van der Waals surface area contributed by atoms with E-state index in [1.165, 1.54) is 15.7 Å². The van der Waals surface area contributed by atoms with Gasteiger partial charge < -0.3 is 4.74 Å². The van der Waals surface area contributed by atoms with Crippen LogP contribution in [-0.2, 0) is 11.3 Å². The lowest BCUT2D eigenvalue weighted by atomic mass is 9.93. The molecule has 0 saturated heterocycles. The molecule has 5 nitrogen and oxygen atoms in total. The molecule has 170 valence electrons. The van der Waals surface area contributed by atoms with Crippen molar-refractivity contribution in [2.45, 2.75) is 33.3 Å². The Morgan fingerprint density at radius 1 is 1.06 bits per heavy atom. The van der Waals surface area contributed by atoms with Gasteiger partial charge in [-0.1, -0.05) is 61.5 Å². The van der Waals surface area contributed by atoms with Crippen LogP contribution in [0.3, 0.4) is 0 Å². The number of rotatable bonds is 5. The number of imidazole rings is 1. The number of hydrogen-bond acceptors (Lipinski definition) is 5. The van der Waals surface area contributed by atoms with Crippen LogP contribution in [0.25, 0.3) is 20.8 Å². The fourth-order valence-corrected chi connectivity index (χ4v) is 5.10. The van der Waals surface area contributed by atoms with Crippen LogP contribution in [-0.4, -0.2) is 20.6 Å². The van der Waals surface area contributed by atoms with Crippen LogP contribution in [0, 0.1) is 13.8 Å². The van der Waals surface area contributed by atoms with Crippen molar-refractivity contribution in [3.05, 3.63) is 107 Å². The minimum absolute atomic E-state index is 0.0368. The summed E-state index contributed by atoms with van der Waals surface area (Å²) < 4.78 is 8.26. The van der Waals surface area contributed by atoms with Gasteiger partial charge in [0, 0.05) is 23.9 Å². The molecule has 6 heteroatoms. The zero-order valence-corrected chi connectivity index (χ0v) is 20.2. The van der Waals surface area contributed by atoms with Crippen LogP contribution < -0.4 is 0 Å². The molecule has 0 bridgehead atoms. The van der Waals surface area contributed by atoms with E-state index in [2.05, 4.69) is 50.0 Å². The van der Waals surface area contributed by atoms with Gasteiger partial charge >= 0.3 is 6.09 Å². The number of ether oxygens (including phenoxy) is 1. The van der Waals surface area contributed by atoms with Gasteiger partial charge in [-0.3, -0.25) is 0 Å². The molecule has 5 rings (SSSR count). The van der Waals surface area contributed by atoms with E-state index in [1.807, 2.05) is 42.5 Å². The van der Waals surface area contributed by atoms with Gasteiger partial charge in [0.15, 0.2) is 0 Å². The molecule has 0 amide bonds. The van der Waals surface area contributed by atoms with Crippen molar-refractivity contribution in [1.29, 1.82) is 0 Å². The Balaban J connectivity index is 1.32. The fraction of sp³-hybridized carbons (Fsp3) is 0.179. The Morgan fingerprint density at radius 3 is 2.71 bits per heavy atom. The summed E-state index contributed by atoms with van der Waals surface area (Å²) in [5.74, 6) is 0.631. The number of nitrogens with zero attached hydrogens (tertiary/aromatic N) is 3. The first-order valence-electron chi connectivity index (χ1n) is 11.2. The highest BCUT2D eigenvalue weighted by Crippen LogP contribution is 2.31. The van der Waals surface area contributed by atoms with E-state index in [1.54, 1.807) is 23.7 Å². The van der Waals surface area contributed by atoms with Crippen LogP contribution in [0.2, 0.25) is 0 Å². The fourth-order valence-electron chi connectivity index (χ4n) is 4.15. The number of aryl methyl sites for hydroxylation is 1. The Hall–Kier alpha value is -3.77. The van der Waals surface area contributed by atoms with E-state index in [4.69, 9.17) is 9.72 Å². The molecule has 3 aromatic carbocycles. The van der Waals surface area contributed by atoms with Crippen molar-refractivity contribution in [2.24, 2.45) is 0 Å². The molecule has 0 saturated carbocycles. The second kappa shape index (κ2) is 9.23. The smallest absolute Gasteiger partial charge is 0.419 e. The minimum atomic E-state index is -0.437. The van der Waals surface area contributed by atoms with E-state index in [0.29, 0.717) is 5.82 Å². The van der Waals surface area contributed by atoms with Crippen molar-refractivity contribution < 1.29 is 9.53 Å². The van der Waals surface area contributed by atoms with Gasteiger partial charge in [-0.25, -0.2) is 19.3 Å². The summed E-state index contributed by atoms with van der Waals surface area (Å²) >= 11 is 1.66. The van der Waals surface area contributed by atoms with Gasteiger partial charge in [-0.05, 0) is 48.2 Å². The number of thiazole rings is 1. The quantitative estimate of drug-likeness (QED) is 0.276. The zero-order valence-electron chi connectivity index (χ0n) is 19.4. The predicted molar refractivity (Wildman–Crippen MR) is 136 cm³/mol. The molecule has 5 aromatic rings. The van der Waals surface area contributed by atoms with Crippen molar-refractivity contribution in [1.82, 2.24) is 14.5 Å². The molecule has 0 aliphatic carbocycles. The van der Waals surface area contributed by atoms with Crippen LogP contribution in [0.5, 0.6) is 0 Å². The van der Waals surface area contributed by atoms with E-state index in [-0.39, 0.29) is 12.5 Å². The third-order valence-electron chi connectivity index (χ3n) is 6.20. The lowest BCUT2D eigenvalue weighted by molar-refractivity contribution is 0.140. The largest absolute Gasteiger partial charge is 0.444 e. The number of hydrogen-bond donors (Lipinski definition) is 0. The van der Waals surface area contributed by atoms with Crippen LogP contribution in [0.1, 0.15) is 40.9 Å². The molecule has 34 heavy (non-hydrogen) atoms. The summed E-state index contributed by atoms with van der Waals surface area (Å²) in [5.41, 5.74) is 6.49. The number of fused-ring (bicyclic) bond motifs is 1. The Labute approximate surface area is 202 Å². The van der Waals surface area contributed by atoms with Gasteiger partial charge in [0.1, 0.15) is 17.4 Å². The Morgan fingerprint density at radius 2 is 1.88 bits per heavy atom. The van der Waals surface area contributed by atoms with Crippen molar-refractivity contribution in [3.8, 4) is 10.6 Å². The van der Waals surface area contributed by atoms with Gasteiger partial charge in [-0.2, -0.15) is 0 Å². The highest BCUT2D eigenvalue weighted by atomic mass is 32.1. The normalized spacial score (nSPS) is 12.1. The number of carbonyl (C=O) groups is 1. The third-order valence-corrected chi connectivity index (χ3v) is 7.29. The molecule has 0 spiro atoms. The van der Waals surface area contributed by atoms with Gasteiger partial charge in [0.2, 0.25) is 0 Å². The maximum atomic E-state index is 12.9. The molecular formula is C28H25N3O2S. The zero-order chi connectivity index (χ0) is 23.7. The minimum Gasteiger partial charge on any atom is -0.444 e. The van der Waals surface area contributed by atoms with Crippen molar-refractivity contribution in [2.75, 3.05) is 0 Å². The van der Waals surface area contributed by atoms with Gasteiger partial charge in [0.05, 0.1) is 10.2 Å². The molecule has 0 aliphatic rings. The highest BCUT2D eigenvalue weighted by Gasteiger charge is 2.21. The monoisotopic (exact) mass is 467 g/mol. The first kappa shape index (κ1) is 22.0. The molecule has 0 N–H and O–H groups in total. The maximum Gasteiger partial charge on any atom is 0.419 e. The van der Waals surface area contributed by atoms with E-state index in [9.17, 15) is 4.79 Å². The average Bonchev–Trinajstić information content (AvgIpc) is 3.51. The van der Waals surface area contributed by atoms with Gasteiger partial charge in [0.25, 0.3) is 0 Å². The highest BCUT2D eigenvalue weighted by molar-refractivity contribution is 7.21. The lowest BCUT2D eigenvalue weighted by Gasteiger charge is -2.17. The molecule has 0 fully saturated rings. The summed E-state index contributed by atoms with van der Waals surface area (Å²) in [6.45, 7) is 6.43. The van der Waals surface area contributed by atoms with Crippen molar-refractivity contribution >= 4 is 27.6 Å². The predicted octanol–water partition coefficient (Wildman–Crippen LogP) is 7.11. The lowest BCUT2D eigenvalue weighted by Crippen LogP contribution is -2.18. The van der Waals surface area contributed by atoms with E-state index < -0.39 is 6.09 Å². The second-order valence-corrected chi connectivity index (χ2v) is 9.44. The molecule has 0 radical (unpaired) electrons. The third kappa shape index (κ3) is 4.24. The van der Waals surface area contributed by atoms with Crippen LogP contribution >= 0.6 is 11.3 Å². The number of aromatic nitrogens is 3. The maximum absolute atomic E-state index is 12.9. The topological polar surface area (TPSA) is 57.0 Å². The summed E-state index contributed by atoms with van der Waals surface area (Å²) in [6.07, 6.45) is 2.87. The van der Waals surface area contributed by atoms with Crippen LogP contribution in [0.15, 0.2) is 79.1 Å². The standard InChI is InChI=1S/C28H25N3O2S/c1-18-8-7-11-23(19(18)2)20(3)26-29-14-15-31(26)28(32)33-17-21-12-13-25-24(16-21)30-27(34-25)22-9-5-4-6-10-22/h4-16,20H,17H2,1-3H3/t20-/m0/s1. The SMILES string of the molecule is Cc1cccc([C@H](C)c2nccn2C(=O)OCc2ccc3sc(-c4ccccc4)nc3c2)c1C. The average molecular weight is 468 g/mol. The summed E-state index contributed by atoms with van der Waals surface area (Å²) in [6, 6.07) is 22.4. The molecular weight excluding hydrogens is 442 g/mol. The molecule has 0 unspecified atom stereocenters. The summed E-state index contributed by atoms with van der Waals surface area (Å²) in [5, 5.41) is 0.980. The molecule has 1 atom stereocenters. The van der Waals surface area contributed by atoms with Crippen LogP contribution in [0.4, 0.5) is 4.79 Å². The second-order valence-electron chi connectivity index (χ2n) is 8.41. The molecule has 2 aromatic heterocycles. The number of carbonyl (C=O) groups excluding carboxylic acids is 1. The Kier molecular flexibility index (Phi) is 5.99. The Bertz CT molecular complexity index is 1470. The first-order valence-corrected chi connectivity index (χ1v) is 12.0. The van der Waals surface area contributed by atoms with Crippen molar-refractivity contribution in [3.63, 3.8) is 0 Å². The first-order chi connectivity index (χ1) is 16.5. The van der Waals surface area contributed by atoms with Gasteiger partial charge in [-0.15, -0.1) is 11.3 Å². The molecule has 2 heterocycles. The number of benzene rings is 3. The summed E-state index contributed by atoms with van der Waals surface area (Å²) in [7, 11) is 0. The molecule has 0 aliphatic heterocycles. The summed E-state index contributed by atoms with van der Waals surface area (Å²) in [4.78, 5) is 22.2. The van der Waals surface area contributed by atoms with E-state index in [0.717, 1.165) is 31.9 Å².